The Bertz CT molecular complexity index is 408. The Kier molecular flexibility index (Phi) is 4.09. The molecule has 0 spiro atoms. The smallest absolute Gasteiger partial charge is 0.247 e. The highest BCUT2D eigenvalue weighted by Gasteiger charge is 2.45. The molecule has 20 heavy (non-hydrogen) atoms. The summed E-state index contributed by atoms with van der Waals surface area (Å²) in [6, 6.07) is 0.101. The van der Waals surface area contributed by atoms with Crippen LogP contribution in [0.1, 0.15) is 40.0 Å². The number of hydrogen-bond acceptors (Lipinski definition) is 3. The molecule has 0 aromatic carbocycles. The summed E-state index contributed by atoms with van der Waals surface area (Å²) in [7, 11) is 1.80. The van der Waals surface area contributed by atoms with E-state index in [2.05, 4.69) is 6.92 Å². The van der Waals surface area contributed by atoms with E-state index in [1.807, 2.05) is 13.8 Å². The molecule has 0 aromatic heterocycles. The summed E-state index contributed by atoms with van der Waals surface area (Å²) in [4.78, 5) is 28.5. The Morgan fingerprint density at radius 1 is 1.30 bits per heavy atom. The van der Waals surface area contributed by atoms with Gasteiger partial charge in [-0.3, -0.25) is 9.59 Å². The van der Waals surface area contributed by atoms with E-state index in [1.54, 1.807) is 16.8 Å². The zero-order chi connectivity index (χ0) is 15.1. The lowest BCUT2D eigenvalue weighted by molar-refractivity contribution is -0.160. The van der Waals surface area contributed by atoms with Gasteiger partial charge < -0.3 is 15.5 Å². The lowest BCUT2D eigenvalue weighted by Crippen LogP contribution is -2.64. The van der Waals surface area contributed by atoms with Crippen LogP contribution in [0.25, 0.3) is 0 Å². The number of hydrogen-bond donors (Lipinski definition) is 1. The van der Waals surface area contributed by atoms with Crippen LogP contribution in [0, 0.1) is 11.8 Å². The minimum absolute atomic E-state index is 0.0170. The molecule has 2 aliphatic rings. The average molecular weight is 281 g/mol. The third kappa shape index (κ3) is 2.55. The first-order chi connectivity index (χ1) is 9.25. The van der Waals surface area contributed by atoms with Crippen molar-refractivity contribution < 1.29 is 9.59 Å². The van der Waals surface area contributed by atoms with E-state index < -0.39 is 5.54 Å². The first-order valence-corrected chi connectivity index (χ1v) is 7.57. The van der Waals surface area contributed by atoms with Crippen molar-refractivity contribution in [1.82, 2.24) is 9.80 Å². The summed E-state index contributed by atoms with van der Waals surface area (Å²) < 4.78 is 0. The Hall–Kier alpha value is -1.10. The Balaban J connectivity index is 2.11. The standard InChI is InChI=1S/C15H27N3O2/c1-10-5-6-11(9-12(10)16)13(19)18-8-7-17(4)14(20)15(18,2)3/h10-12H,5-9,16H2,1-4H3. The van der Waals surface area contributed by atoms with Gasteiger partial charge >= 0.3 is 0 Å². The van der Waals surface area contributed by atoms with Crippen LogP contribution in [-0.4, -0.2) is 53.3 Å². The number of rotatable bonds is 1. The summed E-state index contributed by atoms with van der Waals surface area (Å²) in [5.41, 5.74) is 5.37. The SMILES string of the molecule is CC1CCC(C(=O)N2CCN(C)C(=O)C2(C)C)CC1N. The molecular weight excluding hydrogens is 254 g/mol. The van der Waals surface area contributed by atoms with Crippen molar-refractivity contribution in [3.05, 3.63) is 0 Å². The van der Waals surface area contributed by atoms with Crippen LogP contribution in [0.2, 0.25) is 0 Å². The predicted molar refractivity (Wildman–Crippen MR) is 77.9 cm³/mol. The fourth-order valence-corrected chi connectivity index (χ4v) is 3.40. The normalized spacial score (nSPS) is 34.2. The molecule has 1 aliphatic carbocycles. The van der Waals surface area contributed by atoms with E-state index in [0.717, 1.165) is 19.3 Å². The van der Waals surface area contributed by atoms with Crippen LogP contribution in [0.4, 0.5) is 0 Å². The van der Waals surface area contributed by atoms with Gasteiger partial charge in [-0.05, 0) is 39.0 Å². The quantitative estimate of drug-likeness (QED) is 0.774. The lowest BCUT2D eigenvalue weighted by Gasteiger charge is -2.46. The molecule has 1 heterocycles. The highest BCUT2D eigenvalue weighted by molar-refractivity contribution is 5.92. The zero-order valence-electron chi connectivity index (χ0n) is 13.1. The Labute approximate surface area is 121 Å². The number of piperazine rings is 1. The molecule has 0 aromatic rings. The van der Waals surface area contributed by atoms with Crippen molar-refractivity contribution in [1.29, 1.82) is 0 Å². The van der Waals surface area contributed by atoms with E-state index in [-0.39, 0.29) is 23.8 Å². The average Bonchev–Trinajstić information content (AvgIpc) is 2.39. The fraction of sp³-hybridized carbons (Fsp3) is 0.867. The molecule has 3 unspecified atom stereocenters. The summed E-state index contributed by atoms with van der Waals surface area (Å²) >= 11 is 0. The van der Waals surface area contributed by atoms with Gasteiger partial charge in [0.2, 0.25) is 11.8 Å². The maximum atomic E-state index is 12.8. The van der Waals surface area contributed by atoms with Crippen LogP contribution in [0.15, 0.2) is 0 Å². The van der Waals surface area contributed by atoms with Gasteiger partial charge in [0.1, 0.15) is 5.54 Å². The maximum Gasteiger partial charge on any atom is 0.247 e. The molecule has 0 bridgehead atoms. The van der Waals surface area contributed by atoms with E-state index >= 15 is 0 Å². The Morgan fingerprint density at radius 2 is 1.95 bits per heavy atom. The molecule has 2 rings (SSSR count). The largest absolute Gasteiger partial charge is 0.342 e. The third-order valence-corrected chi connectivity index (χ3v) is 5.08. The van der Waals surface area contributed by atoms with Gasteiger partial charge in [-0.25, -0.2) is 0 Å². The summed E-state index contributed by atoms with van der Waals surface area (Å²) in [6.45, 7) is 7.07. The first kappa shape index (κ1) is 15.3. The molecule has 1 saturated heterocycles. The zero-order valence-corrected chi connectivity index (χ0v) is 13.1. The summed E-state index contributed by atoms with van der Waals surface area (Å²) in [6.07, 6.45) is 2.64. The summed E-state index contributed by atoms with van der Waals surface area (Å²) in [5, 5.41) is 0. The van der Waals surface area contributed by atoms with Crippen LogP contribution < -0.4 is 5.73 Å². The second-order valence-corrected chi connectivity index (χ2v) is 6.93. The van der Waals surface area contributed by atoms with Crippen molar-refractivity contribution >= 4 is 11.8 Å². The number of nitrogens with zero attached hydrogens (tertiary/aromatic N) is 2. The van der Waals surface area contributed by atoms with Gasteiger partial charge in [-0.15, -0.1) is 0 Å². The fourth-order valence-electron chi connectivity index (χ4n) is 3.40. The van der Waals surface area contributed by atoms with Crippen molar-refractivity contribution in [2.75, 3.05) is 20.1 Å². The van der Waals surface area contributed by atoms with Crippen LogP contribution in [-0.2, 0) is 9.59 Å². The van der Waals surface area contributed by atoms with E-state index in [1.165, 1.54) is 0 Å². The molecule has 3 atom stereocenters. The van der Waals surface area contributed by atoms with Gasteiger partial charge in [-0.2, -0.15) is 0 Å². The monoisotopic (exact) mass is 281 g/mol. The highest BCUT2D eigenvalue weighted by Crippen LogP contribution is 2.32. The molecule has 1 saturated carbocycles. The van der Waals surface area contributed by atoms with Crippen LogP contribution in [0.3, 0.4) is 0 Å². The molecule has 1 aliphatic heterocycles. The minimum atomic E-state index is -0.739. The molecule has 5 nitrogen and oxygen atoms in total. The second-order valence-electron chi connectivity index (χ2n) is 6.93. The van der Waals surface area contributed by atoms with E-state index in [0.29, 0.717) is 19.0 Å². The number of likely N-dealkylation sites (N-methyl/N-ethyl adjacent to an activating group) is 1. The van der Waals surface area contributed by atoms with Gasteiger partial charge in [0, 0.05) is 32.1 Å². The van der Waals surface area contributed by atoms with Crippen molar-refractivity contribution in [3.63, 3.8) is 0 Å². The third-order valence-electron chi connectivity index (χ3n) is 5.08. The van der Waals surface area contributed by atoms with Gasteiger partial charge in [-0.1, -0.05) is 6.92 Å². The van der Waals surface area contributed by atoms with Gasteiger partial charge in [0.15, 0.2) is 0 Å². The molecule has 114 valence electrons. The molecule has 5 heteroatoms. The van der Waals surface area contributed by atoms with E-state index in [9.17, 15) is 9.59 Å². The van der Waals surface area contributed by atoms with Crippen molar-refractivity contribution in [2.24, 2.45) is 17.6 Å². The van der Waals surface area contributed by atoms with Crippen molar-refractivity contribution in [2.45, 2.75) is 51.6 Å². The summed E-state index contributed by atoms with van der Waals surface area (Å²) in [5.74, 6) is 0.599. The predicted octanol–water partition coefficient (Wildman–Crippen LogP) is 0.829. The highest BCUT2D eigenvalue weighted by atomic mass is 16.2. The molecule has 0 radical (unpaired) electrons. The number of carbonyl (C=O) groups excluding carboxylic acids is 2. The van der Waals surface area contributed by atoms with Crippen LogP contribution >= 0.6 is 0 Å². The number of nitrogens with two attached hydrogens (primary N) is 1. The van der Waals surface area contributed by atoms with E-state index in [4.69, 9.17) is 5.73 Å². The van der Waals surface area contributed by atoms with Gasteiger partial charge in [0.05, 0.1) is 0 Å². The lowest BCUT2D eigenvalue weighted by atomic mass is 9.78. The minimum Gasteiger partial charge on any atom is -0.342 e. The Morgan fingerprint density at radius 3 is 2.55 bits per heavy atom. The molecule has 2 amide bonds. The van der Waals surface area contributed by atoms with Crippen LogP contribution in [0.5, 0.6) is 0 Å². The second kappa shape index (κ2) is 5.35. The van der Waals surface area contributed by atoms with Gasteiger partial charge in [0.25, 0.3) is 0 Å². The molecule has 2 fully saturated rings. The number of carbonyl (C=O) groups is 2. The van der Waals surface area contributed by atoms with Crippen molar-refractivity contribution in [3.8, 4) is 0 Å². The molecular formula is C15H27N3O2. The number of amides is 2. The topological polar surface area (TPSA) is 66.6 Å². The molecule has 2 N–H and O–H groups in total. The maximum absolute atomic E-state index is 12.8. The first-order valence-electron chi connectivity index (χ1n) is 7.57.